The lowest BCUT2D eigenvalue weighted by Gasteiger charge is -2.15. The predicted octanol–water partition coefficient (Wildman–Crippen LogP) is 2.01. The van der Waals surface area contributed by atoms with Gasteiger partial charge < -0.3 is 10.6 Å². The van der Waals surface area contributed by atoms with Crippen LogP contribution in [0.2, 0.25) is 0 Å². The fraction of sp³-hybridized carbons (Fsp3) is 0.538. The van der Waals surface area contributed by atoms with Crippen LogP contribution >= 0.6 is 11.3 Å². The van der Waals surface area contributed by atoms with Gasteiger partial charge in [-0.25, -0.2) is 0 Å². The van der Waals surface area contributed by atoms with E-state index >= 15 is 0 Å². The first-order chi connectivity index (χ1) is 8.99. The van der Waals surface area contributed by atoms with Crippen molar-refractivity contribution in [3.8, 4) is 0 Å². The molecule has 0 aromatic carbocycles. The Morgan fingerprint density at radius 2 is 2.26 bits per heavy atom. The maximum absolute atomic E-state index is 12.5. The number of likely N-dealkylation sites (tertiary alicyclic amines) is 1. The first-order valence-electron chi connectivity index (χ1n) is 6.50. The van der Waals surface area contributed by atoms with Crippen LogP contribution in [-0.4, -0.2) is 33.7 Å². The zero-order valence-electron chi connectivity index (χ0n) is 11.4. The number of nitrogens with zero attached hydrogens (tertiary/aromatic N) is 3. The van der Waals surface area contributed by atoms with Gasteiger partial charge in [0.2, 0.25) is 0 Å². The second kappa shape index (κ2) is 4.23. The van der Waals surface area contributed by atoms with Crippen molar-refractivity contribution in [2.75, 3.05) is 18.8 Å². The van der Waals surface area contributed by atoms with Gasteiger partial charge in [-0.05, 0) is 19.3 Å². The topological polar surface area (TPSA) is 64.2 Å². The van der Waals surface area contributed by atoms with Gasteiger partial charge in [0.1, 0.15) is 9.71 Å². The number of rotatable bonds is 1. The number of carbonyl (C=O) groups is 1. The summed E-state index contributed by atoms with van der Waals surface area (Å²) in [6.07, 6.45) is 1.08. The molecule has 19 heavy (non-hydrogen) atoms. The molecule has 3 heterocycles. The molecule has 3 rings (SSSR count). The van der Waals surface area contributed by atoms with Crippen molar-refractivity contribution in [2.24, 2.45) is 13.0 Å². The monoisotopic (exact) mass is 278 g/mol. The first kappa shape index (κ1) is 12.5. The number of nitrogens with two attached hydrogens (primary N) is 1. The van der Waals surface area contributed by atoms with Gasteiger partial charge in [-0.3, -0.25) is 9.48 Å². The minimum atomic E-state index is 0.0717. The molecule has 2 aromatic heterocycles. The summed E-state index contributed by atoms with van der Waals surface area (Å²) in [6.45, 7) is 5.78. The highest BCUT2D eigenvalue weighted by Crippen LogP contribution is 2.36. The minimum Gasteiger partial charge on any atom is -0.397 e. The molecule has 1 aliphatic heterocycles. The smallest absolute Gasteiger partial charge is 0.266 e. The third kappa shape index (κ3) is 1.82. The molecule has 0 radical (unpaired) electrons. The molecular formula is C13H18N4OS. The van der Waals surface area contributed by atoms with Crippen LogP contribution < -0.4 is 5.73 Å². The summed E-state index contributed by atoms with van der Waals surface area (Å²) >= 11 is 1.45. The second-order valence-electron chi connectivity index (χ2n) is 5.38. The highest BCUT2D eigenvalue weighted by molar-refractivity contribution is 7.21. The molecule has 5 nitrogen and oxygen atoms in total. The van der Waals surface area contributed by atoms with E-state index in [9.17, 15) is 4.79 Å². The summed E-state index contributed by atoms with van der Waals surface area (Å²) in [7, 11) is 1.89. The van der Waals surface area contributed by atoms with E-state index in [1.54, 1.807) is 4.68 Å². The minimum absolute atomic E-state index is 0.0717. The van der Waals surface area contributed by atoms with Gasteiger partial charge in [-0.15, -0.1) is 11.3 Å². The number of nitrogen functional groups attached to an aromatic ring is 1. The van der Waals surface area contributed by atoms with Gasteiger partial charge in [-0.2, -0.15) is 5.10 Å². The Hall–Kier alpha value is -1.56. The summed E-state index contributed by atoms with van der Waals surface area (Å²) in [4.78, 5) is 16.1. The van der Waals surface area contributed by atoms with E-state index < -0.39 is 0 Å². The van der Waals surface area contributed by atoms with Crippen LogP contribution in [0, 0.1) is 12.8 Å². The Balaban J connectivity index is 2.03. The lowest BCUT2D eigenvalue weighted by atomic mass is 10.2. The van der Waals surface area contributed by atoms with E-state index in [-0.39, 0.29) is 5.91 Å². The van der Waals surface area contributed by atoms with Crippen LogP contribution in [0.25, 0.3) is 10.2 Å². The first-order valence-corrected chi connectivity index (χ1v) is 7.31. The molecule has 0 saturated carbocycles. The summed E-state index contributed by atoms with van der Waals surface area (Å²) in [5.74, 6) is 0.658. The SMILES string of the molecule is Cc1nn(C)c2sc(C(=O)N3CCC(C)C3)c(N)c12. The van der Waals surface area contributed by atoms with E-state index in [1.165, 1.54) is 11.3 Å². The van der Waals surface area contributed by atoms with Gasteiger partial charge >= 0.3 is 0 Å². The lowest BCUT2D eigenvalue weighted by Crippen LogP contribution is -2.28. The Labute approximate surface area is 116 Å². The molecule has 1 amide bonds. The number of fused-ring (bicyclic) bond motifs is 1. The van der Waals surface area contributed by atoms with Gasteiger partial charge in [-0.1, -0.05) is 6.92 Å². The van der Waals surface area contributed by atoms with Crippen LogP contribution in [0.1, 0.15) is 28.7 Å². The quantitative estimate of drug-likeness (QED) is 0.868. The largest absolute Gasteiger partial charge is 0.397 e. The fourth-order valence-corrected chi connectivity index (χ4v) is 3.91. The van der Waals surface area contributed by atoms with Crippen LogP contribution in [0.5, 0.6) is 0 Å². The number of anilines is 1. The number of aromatic nitrogens is 2. The molecule has 1 aliphatic rings. The van der Waals surface area contributed by atoms with Crippen LogP contribution in [0.15, 0.2) is 0 Å². The zero-order chi connectivity index (χ0) is 13.7. The van der Waals surface area contributed by atoms with Crippen molar-refractivity contribution >= 4 is 33.1 Å². The number of amides is 1. The Kier molecular flexibility index (Phi) is 2.78. The molecule has 0 bridgehead atoms. The van der Waals surface area contributed by atoms with Crippen molar-refractivity contribution in [2.45, 2.75) is 20.3 Å². The number of hydrogen-bond donors (Lipinski definition) is 1. The number of thiophene rings is 1. The zero-order valence-corrected chi connectivity index (χ0v) is 12.3. The molecule has 1 fully saturated rings. The average molecular weight is 278 g/mol. The van der Waals surface area contributed by atoms with Crippen molar-refractivity contribution < 1.29 is 4.79 Å². The predicted molar refractivity (Wildman–Crippen MR) is 77.4 cm³/mol. The van der Waals surface area contributed by atoms with Crippen LogP contribution in [0.3, 0.4) is 0 Å². The van der Waals surface area contributed by atoms with E-state index in [0.29, 0.717) is 16.5 Å². The maximum Gasteiger partial charge on any atom is 0.266 e. The van der Waals surface area contributed by atoms with E-state index in [1.807, 2.05) is 18.9 Å². The second-order valence-corrected chi connectivity index (χ2v) is 6.38. The van der Waals surface area contributed by atoms with Crippen molar-refractivity contribution in [1.82, 2.24) is 14.7 Å². The van der Waals surface area contributed by atoms with E-state index in [0.717, 1.165) is 35.4 Å². The molecular weight excluding hydrogens is 260 g/mol. The van der Waals surface area contributed by atoms with Gasteiger partial charge in [0.15, 0.2) is 0 Å². The summed E-state index contributed by atoms with van der Waals surface area (Å²) in [5, 5.41) is 5.28. The summed E-state index contributed by atoms with van der Waals surface area (Å²) < 4.78 is 1.80. The normalized spacial score (nSPS) is 19.5. The van der Waals surface area contributed by atoms with Gasteiger partial charge in [0, 0.05) is 20.1 Å². The Morgan fingerprint density at radius 1 is 1.53 bits per heavy atom. The highest BCUT2D eigenvalue weighted by atomic mass is 32.1. The maximum atomic E-state index is 12.5. The third-order valence-electron chi connectivity index (χ3n) is 3.79. The van der Waals surface area contributed by atoms with Crippen molar-refractivity contribution in [3.05, 3.63) is 10.6 Å². The molecule has 1 unspecified atom stereocenters. The van der Waals surface area contributed by atoms with Crippen LogP contribution in [0.4, 0.5) is 5.69 Å². The molecule has 1 saturated heterocycles. The van der Waals surface area contributed by atoms with Crippen LogP contribution in [-0.2, 0) is 7.05 Å². The number of carbonyl (C=O) groups excluding carboxylic acids is 1. The number of aryl methyl sites for hydroxylation is 2. The van der Waals surface area contributed by atoms with Gasteiger partial charge in [0.05, 0.1) is 16.8 Å². The summed E-state index contributed by atoms with van der Waals surface area (Å²) in [6, 6.07) is 0. The lowest BCUT2D eigenvalue weighted by molar-refractivity contribution is 0.0794. The van der Waals surface area contributed by atoms with Gasteiger partial charge in [0.25, 0.3) is 5.91 Å². The average Bonchev–Trinajstić information content (AvgIpc) is 2.98. The molecule has 0 aliphatic carbocycles. The number of hydrogen-bond acceptors (Lipinski definition) is 4. The Bertz CT molecular complexity index is 657. The Morgan fingerprint density at radius 3 is 2.84 bits per heavy atom. The van der Waals surface area contributed by atoms with Crippen molar-refractivity contribution in [1.29, 1.82) is 0 Å². The third-order valence-corrected chi connectivity index (χ3v) is 5.05. The molecule has 2 aromatic rings. The molecule has 2 N–H and O–H groups in total. The highest BCUT2D eigenvalue weighted by Gasteiger charge is 2.28. The summed E-state index contributed by atoms with van der Waals surface area (Å²) in [5.41, 5.74) is 7.65. The fourth-order valence-electron chi connectivity index (χ4n) is 2.75. The van der Waals surface area contributed by atoms with E-state index in [4.69, 9.17) is 5.73 Å². The molecule has 0 spiro atoms. The molecule has 102 valence electrons. The molecule has 6 heteroatoms. The van der Waals surface area contributed by atoms with Crippen molar-refractivity contribution in [3.63, 3.8) is 0 Å². The standard InChI is InChI=1S/C13H18N4OS/c1-7-4-5-17(6-7)12(18)11-10(14)9-8(2)15-16(3)13(9)19-11/h7H,4-6,14H2,1-3H3. The molecule has 1 atom stereocenters. The van der Waals surface area contributed by atoms with E-state index in [2.05, 4.69) is 12.0 Å².